The van der Waals surface area contributed by atoms with Crippen LogP contribution in [-0.2, 0) is 48.7 Å². The van der Waals surface area contributed by atoms with Crippen LogP contribution in [0.5, 0.6) is 28.7 Å². The lowest BCUT2D eigenvalue weighted by Crippen LogP contribution is -2.32. The number of ether oxygens (including phenoxy) is 5. The van der Waals surface area contributed by atoms with Crippen LogP contribution in [0.1, 0.15) is 16.1 Å². The van der Waals surface area contributed by atoms with Crippen molar-refractivity contribution in [1.29, 1.82) is 0 Å². The summed E-state index contributed by atoms with van der Waals surface area (Å²) in [7, 11) is -9.94. The molecule has 0 fully saturated rings. The van der Waals surface area contributed by atoms with Crippen molar-refractivity contribution in [3.63, 3.8) is 0 Å². The fraction of sp³-hybridized carbons (Fsp3) is 0.133. The lowest BCUT2D eigenvalue weighted by molar-refractivity contribution is 0.313. The molecule has 0 saturated carbocycles. The highest BCUT2D eigenvalue weighted by molar-refractivity contribution is 14.1. The third-order valence-electron chi connectivity index (χ3n) is 17.9. The van der Waals surface area contributed by atoms with Gasteiger partial charge in [-0.3, -0.25) is 0 Å². The maximum Gasteiger partial charge on any atom is 0.491 e. The Bertz CT molecular complexity index is 6240. The number of nitrogens with one attached hydrogen (secondary N) is 1. The van der Waals surface area contributed by atoms with Crippen molar-refractivity contribution in [3.8, 4) is 39.9 Å². The van der Waals surface area contributed by atoms with E-state index in [1.54, 1.807) is 164 Å². The molecule has 0 amide bonds. The Morgan fingerprint density at radius 1 is 0.538 bits per heavy atom. The molecule has 24 nitrogen and oxygen atoms in total. The Labute approximate surface area is 729 Å². The van der Waals surface area contributed by atoms with Gasteiger partial charge in [0.25, 0.3) is 20.0 Å². The number of rotatable bonds is 19. The zero-order valence-corrected chi connectivity index (χ0v) is 73.0. The van der Waals surface area contributed by atoms with Crippen LogP contribution in [0.4, 0.5) is 64.5 Å². The van der Waals surface area contributed by atoms with E-state index in [4.69, 9.17) is 53.4 Å². The molecule has 0 atom stereocenters. The number of methoxy groups -OCH3 is 2. The third kappa shape index (κ3) is 21.5. The van der Waals surface area contributed by atoms with Gasteiger partial charge in [0.2, 0.25) is 17.1 Å². The van der Waals surface area contributed by atoms with Crippen LogP contribution in [-0.4, -0.2) is 111 Å². The predicted molar refractivity (Wildman–Crippen MR) is 476 cm³/mol. The smallest absolute Gasteiger partial charge is 0.491 e. The van der Waals surface area contributed by atoms with Gasteiger partial charge in [0.1, 0.15) is 71.0 Å². The van der Waals surface area contributed by atoms with Crippen molar-refractivity contribution < 1.29 is 67.8 Å². The van der Waals surface area contributed by atoms with Crippen molar-refractivity contribution in [1.82, 2.24) is 15.0 Å². The number of halogens is 5. The summed E-state index contributed by atoms with van der Waals surface area (Å²) in [6.07, 6.45) is 4.75. The fourth-order valence-corrected chi connectivity index (χ4v) is 20.1. The van der Waals surface area contributed by atoms with E-state index in [0.717, 1.165) is 35.0 Å². The number of thiazole rings is 3. The minimum Gasteiger partial charge on any atom is -0.497 e. The molecule has 3 aliphatic rings. The van der Waals surface area contributed by atoms with Gasteiger partial charge in [-0.15, -0.1) is 34.0 Å². The van der Waals surface area contributed by atoms with Gasteiger partial charge < -0.3 is 48.8 Å². The molecule has 119 heavy (non-hydrogen) atoms. The number of sulfonamides is 2. The largest absolute Gasteiger partial charge is 0.497 e. The van der Waals surface area contributed by atoms with Gasteiger partial charge in [0, 0.05) is 94.4 Å². The topological polar surface area (TPSA) is 266 Å². The van der Waals surface area contributed by atoms with Crippen molar-refractivity contribution in [2.75, 3.05) is 77.4 Å². The van der Waals surface area contributed by atoms with Gasteiger partial charge in [-0.2, -0.15) is 0 Å². The highest BCUT2D eigenvalue weighted by Gasteiger charge is 2.33. The molecule has 36 heteroatoms. The second-order valence-electron chi connectivity index (χ2n) is 25.4. The first-order valence-corrected chi connectivity index (χ1v) is 45.4. The molecule has 10 aromatic carbocycles. The minimum absolute atomic E-state index is 0.0949. The quantitative estimate of drug-likeness (QED) is 0.0386. The van der Waals surface area contributed by atoms with Crippen LogP contribution in [0.15, 0.2) is 265 Å². The molecule has 0 bridgehead atoms. The van der Waals surface area contributed by atoms with Gasteiger partial charge in [0.05, 0.1) is 91.9 Å². The summed E-state index contributed by atoms with van der Waals surface area (Å²) in [6.45, 7) is 25.2. The Kier molecular flexibility index (Phi) is 29.4. The van der Waals surface area contributed by atoms with Crippen LogP contribution in [0.25, 0.3) is 25.7 Å². The maximum absolute atomic E-state index is 14.3. The normalized spacial score (nSPS) is 12.4. The lowest BCUT2D eigenvalue weighted by Gasteiger charge is -2.32. The number of aromatic nitrogens is 3. The van der Waals surface area contributed by atoms with E-state index in [1.165, 1.54) is 79.0 Å². The molecule has 0 unspecified atom stereocenters. The van der Waals surface area contributed by atoms with Crippen LogP contribution in [0.2, 0.25) is 0 Å². The van der Waals surface area contributed by atoms with E-state index >= 15 is 0 Å². The number of hydrogen-bond donors (Lipinski definition) is 3. The molecule has 3 aliphatic heterocycles. The van der Waals surface area contributed by atoms with Crippen molar-refractivity contribution in [2.24, 2.45) is 0 Å². The van der Waals surface area contributed by atoms with E-state index in [2.05, 4.69) is 89.3 Å². The fourth-order valence-electron chi connectivity index (χ4n) is 12.1. The van der Waals surface area contributed by atoms with Gasteiger partial charge in [-0.1, -0.05) is 127 Å². The van der Waals surface area contributed by atoms with Gasteiger partial charge in [-0.05, 0) is 132 Å². The van der Waals surface area contributed by atoms with Gasteiger partial charge in [0.15, 0.2) is 20.1 Å². The molecule has 3 aromatic heterocycles. The summed E-state index contributed by atoms with van der Waals surface area (Å²) in [5, 5.41) is 26.8. The molecular weight excluding hydrogens is 1890 g/mol. The van der Waals surface area contributed by atoms with Crippen LogP contribution < -0.4 is 52.9 Å². The zero-order valence-electron chi connectivity index (χ0n) is 62.7. The molecule has 0 aliphatic carbocycles. The van der Waals surface area contributed by atoms with Crippen LogP contribution >= 0.6 is 88.5 Å². The Hall–Kier alpha value is -11.1. The number of nitrogens with zero attached hydrogens (tertiary/aromatic N) is 10. The average Bonchev–Trinajstić information content (AvgIpc) is 1.39. The highest BCUT2D eigenvalue weighted by atomic mass is 127. The number of fused-ring (bicyclic) bond motifs is 3. The molecular formula is C83H67BBr2F2IN11O13S6. The summed E-state index contributed by atoms with van der Waals surface area (Å²) in [6, 6.07) is 57.4. The third-order valence-corrected chi connectivity index (χ3v) is 27.7. The average molecular weight is 1950 g/mol. The second kappa shape index (κ2) is 40.1. The molecule has 3 N–H and O–H groups in total. The summed E-state index contributed by atoms with van der Waals surface area (Å²) >= 11 is 12.7. The number of benzene rings is 10. The highest BCUT2D eigenvalue weighted by Crippen LogP contribution is 2.46. The Morgan fingerprint density at radius 2 is 1.01 bits per heavy atom. The number of sulfone groups is 1. The SMILES string of the molecule is COc1ccc(CN(c2nccs2)S(=O)(=O)c2ccc3c(c2)OCCN3)cc1.OB(O)c1ccccc1F.[C-]#[N+]c1cc(-c2ccccc2F)ccc1N1CCOc2cc(S(=O)(=O)Cc3nccs3)ccc21.[C-]#[N+]c1cc(Br)ccc1I.[C-]#[N+]c1cc(Br)ccc1N1CCOc2cc(S(=O)(=O)N(Cc3ccc(OC)cc3)c3nccs3)ccc21. The summed E-state index contributed by atoms with van der Waals surface area (Å²) < 4.78 is 140. The maximum atomic E-state index is 14.3. The molecule has 0 spiro atoms. The zero-order chi connectivity index (χ0) is 84.4. The van der Waals surface area contributed by atoms with E-state index in [-0.39, 0.29) is 44.8 Å². The van der Waals surface area contributed by atoms with Crippen LogP contribution in [0, 0.1) is 34.9 Å². The molecule has 13 aromatic rings. The number of anilines is 7. The van der Waals surface area contributed by atoms with E-state index in [9.17, 15) is 34.0 Å². The van der Waals surface area contributed by atoms with E-state index < -0.39 is 42.8 Å². The summed E-state index contributed by atoms with van der Waals surface area (Å²) in [5.74, 6) is 1.69. The van der Waals surface area contributed by atoms with Gasteiger partial charge in [-0.25, -0.2) is 72.1 Å². The number of hydrogen-bond acceptors (Lipinski definition) is 22. The Balaban J connectivity index is 0.000000147. The molecule has 606 valence electrons. The summed E-state index contributed by atoms with van der Waals surface area (Å²) in [5.41, 5.74) is 7.69. The Morgan fingerprint density at radius 3 is 1.51 bits per heavy atom. The van der Waals surface area contributed by atoms with E-state index in [0.29, 0.717) is 129 Å². The summed E-state index contributed by atoms with van der Waals surface area (Å²) in [4.78, 5) is 27.6. The minimum atomic E-state index is -3.98. The van der Waals surface area contributed by atoms with Crippen molar-refractivity contribution in [3.05, 3.63) is 316 Å². The van der Waals surface area contributed by atoms with Crippen LogP contribution in [0.3, 0.4) is 0 Å². The molecule has 6 heterocycles. The molecule has 0 radical (unpaired) electrons. The standard InChI is InChI=1S/C26H21BrN4O4S2.C25H18FN3O3S2.C19H19N3O4S2.C7H3BrIN.C6H6BFO2/c1-28-22-15-19(27)5-9-23(22)30-12-13-35-25-16-21(8-10-24(25)30)37(32,33)31(26-29-11-14-36-26)17-18-3-6-20(34-2)7-4-18;1-27-21-14-17(19-4-2-3-5-20(19)26)6-8-22(21)29-11-12-32-24-15-18(7-9-23(24)29)34(30,31)16-25-28-10-13-33-25;1-25-15-4-2-14(3-5-15)13-22(19-21-9-11-27-19)28(23,24)16-6-7-17-18(12-16)26-10-8-20-17;1-10-7-4-5(8)2-3-6(7)9;8-6-4-2-1-3-5(6)7(9)10/h3-11,14-16H,12-13,17H2,2H3;2-10,13-15H,11-12,16H2;2-7,9,11-12,20H,8,10,13H2,1H3;2-4H;1-4,9-10H. The van der Waals surface area contributed by atoms with Crippen molar-refractivity contribution >= 4 is 187 Å². The molecule has 0 saturated heterocycles. The van der Waals surface area contributed by atoms with Crippen molar-refractivity contribution in [2.45, 2.75) is 33.5 Å². The first kappa shape index (κ1) is 87.3. The first-order valence-electron chi connectivity index (χ1n) is 35.6. The van der Waals surface area contributed by atoms with Gasteiger partial charge >= 0.3 is 7.12 Å². The monoisotopic (exact) mass is 1950 g/mol. The first-order chi connectivity index (χ1) is 57.4. The molecule has 16 rings (SSSR count). The predicted octanol–water partition coefficient (Wildman–Crippen LogP) is 18.9. The second-order valence-corrected chi connectivity index (χ2v) is 36.8. The lowest BCUT2D eigenvalue weighted by atomic mass is 9.80. The van der Waals surface area contributed by atoms with E-state index in [1.807, 2.05) is 64.4 Å².